The molecule has 6 heteroatoms. The van der Waals surface area contributed by atoms with Crippen LogP contribution in [0.5, 0.6) is 0 Å². The molecule has 1 saturated heterocycles. The van der Waals surface area contributed by atoms with Crippen LogP contribution in [0.1, 0.15) is 12.8 Å². The van der Waals surface area contributed by atoms with Crippen LogP contribution >= 0.6 is 23.5 Å². The molecule has 18 heavy (non-hydrogen) atoms. The molecule has 0 atom stereocenters. The maximum Gasteiger partial charge on any atom is 0.133 e. The molecule has 0 unspecified atom stereocenters. The molecule has 0 aromatic carbocycles. The molecule has 0 radical (unpaired) electrons. The highest BCUT2D eigenvalue weighted by atomic mass is 32.2. The summed E-state index contributed by atoms with van der Waals surface area (Å²) < 4.78 is 0.270. The Balaban J connectivity index is 2.04. The standard InChI is InChI=1S/C12H20N4S2/c1-17-11-7-10(14-9-15-11)16-5-3-12(8-13,18-2)4-6-16/h7,9H,3-6,8,13H2,1-2H3. The molecule has 0 aliphatic carbocycles. The summed E-state index contributed by atoms with van der Waals surface area (Å²) in [7, 11) is 0. The number of nitrogens with zero attached hydrogens (tertiary/aromatic N) is 3. The fraction of sp³-hybridized carbons (Fsp3) is 0.667. The van der Waals surface area contributed by atoms with Crippen LogP contribution in [-0.2, 0) is 0 Å². The molecule has 1 aliphatic heterocycles. The molecular formula is C12H20N4S2. The van der Waals surface area contributed by atoms with Gasteiger partial charge in [-0.2, -0.15) is 11.8 Å². The van der Waals surface area contributed by atoms with E-state index in [2.05, 4.69) is 27.2 Å². The van der Waals surface area contributed by atoms with E-state index in [0.717, 1.165) is 43.3 Å². The lowest BCUT2D eigenvalue weighted by Crippen LogP contribution is -2.46. The van der Waals surface area contributed by atoms with Crippen LogP contribution in [-0.4, -0.2) is 46.9 Å². The number of nitrogens with two attached hydrogens (primary N) is 1. The van der Waals surface area contributed by atoms with Crippen LogP contribution in [0.25, 0.3) is 0 Å². The average Bonchev–Trinajstić information content (AvgIpc) is 2.47. The lowest BCUT2D eigenvalue weighted by atomic mass is 9.96. The molecule has 4 nitrogen and oxygen atoms in total. The number of rotatable bonds is 4. The quantitative estimate of drug-likeness (QED) is 0.673. The van der Waals surface area contributed by atoms with Gasteiger partial charge in [-0.05, 0) is 25.4 Å². The molecule has 0 spiro atoms. The predicted molar refractivity (Wildman–Crippen MR) is 80.6 cm³/mol. The minimum Gasteiger partial charge on any atom is -0.356 e. The van der Waals surface area contributed by atoms with Crippen LogP contribution in [0.3, 0.4) is 0 Å². The fourth-order valence-corrected chi connectivity index (χ4v) is 3.38. The first-order valence-corrected chi connectivity index (χ1v) is 8.54. The summed E-state index contributed by atoms with van der Waals surface area (Å²) in [5.74, 6) is 1.04. The number of anilines is 1. The molecule has 0 bridgehead atoms. The Hall–Kier alpha value is -0.460. The van der Waals surface area contributed by atoms with Gasteiger partial charge >= 0.3 is 0 Å². The third-order valence-electron chi connectivity index (χ3n) is 3.64. The molecule has 2 heterocycles. The van der Waals surface area contributed by atoms with Crippen LogP contribution in [0.2, 0.25) is 0 Å². The van der Waals surface area contributed by atoms with Crippen LogP contribution in [0, 0.1) is 0 Å². The average molecular weight is 284 g/mol. The Morgan fingerprint density at radius 2 is 2.06 bits per heavy atom. The van der Waals surface area contributed by atoms with Crippen molar-refractivity contribution in [3.63, 3.8) is 0 Å². The van der Waals surface area contributed by atoms with Gasteiger partial charge in [0.2, 0.25) is 0 Å². The summed E-state index contributed by atoms with van der Waals surface area (Å²) in [5.41, 5.74) is 5.91. The third-order valence-corrected chi connectivity index (χ3v) is 5.72. The lowest BCUT2D eigenvalue weighted by Gasteiger charge is -2.40. The second-order valence-electron chi connectivity index (χ2n) is 4.50. The summed E-state index contributed by atoms with van der Waals surface area (Å²) in [6.07, 6.45) is 8.11. The van der Waals surface area contributed by atoms with Crippen molar-refractivity contribution >= 4 is 29.3 Å². The number of hydrogen-bond acceptors (Lipinski definition) is 6. The normalized spacial score (nSPS) is 18.9. The van der Waals surface area contributed by atoms with Gasteiger partial charge in [0.05, 0.1) is 0 Å². The molecule has 0 amide bonds. The summed E-state index contributed by atoms with van der Waals surface area (Å²) in [6.45, 7) is 2.83. The van der Waals surface area contributed by atoms with Crippen LogP contribution in [0.15, 0.2) is 17.4 Å². The fourth-order valence-electron chi connectivity index (χ4n) is 2.25. The second kappa shape index (κ2) is 6.12. The zero-order valence-corrected chi connectivity index (χ0v) is 12.6. The van der Waals surface area contributed by atoms with Crippen molar-refractivity contribution in [3.05, 3.63) is 12.4 Å². The van der Waals surface area contributed by atoms with E-state index in [1.54, 1.807) is 18.1 Å². The van der Waals surface area contributed by atoms with Gasteiger partial charge in [-0.15, -0.1) is 11.8 Å². The number of aromatic nitrogens is 2. The van der Waals surface area contributed by atoms with E-state index in [0.29, 0.717) is 0 Å². The van der Waals surface area contributed by atoms with Crippen molar-refractivity contribution < 1.29 is 0 Å². The van der Waals surface area contributed by atoms with E-state index in [1.165, 1.54) is 0 Å². The highest BCUT2D eigenvalue weighted by Crippen LogP contribution is 2.34. The van der Waals surface area contributed by atoms with Crippen molar-refractivity contribution in [1.82, 2.24) is 9.97 Å². The van der Waals surface area contributed by atoms with E-state index in [1.807, 2.05) is 18.0 Å². The topological polar surface area (TPSA) is 55.0 Å². The highest BCUT2D eigenvalue weighted by Gasteiger charge is 2.32. The first-order valence-electron chi connectivity index (χ1n) is 6.09. The minimum atomic E-state index is 0.270. The Kier molecular flexibility index (Phi) is 4.75. The van der Waals surface area contributed by atoms with Crippen LogP contribution < -0.4 is 10.6 Å². The monoisotopic (exact) mass is 284 g/mol. The van der Waals surface area contributed by atoms with Crippen LogP contribution in [0.4, 0.5) is 5.82 Å². The van der Waals surface area contributed by atoms with E-state index in [9.17, 15) is 0 Å². The van der Waals surface area contributed by atoms with Gasteiger partial charge in [0, 0.05) is 30.4 Å². The van der Waals surface area contributed by atoms with Gasteiger partial charge < -0.3 is 10.6 Å². The number of hydrogen-bond donors (Lipinski definition) is 1. The molecule has 2 N–H and O–H groups in total. The first-order chi connectivity index (χ1) is 8.73. The second-order valence-corrected chi connectivity index (χ2v) is 6.60. The molecule has 2 rings (SSSR count). The summed E-state index contributed by atoms with van der Waals surface area (Å²) in [5, 5.41) is 1.03. The number of thioether (sulfide) groups is 2. The van der Waals surface area contributed by atoms with Crippen molar-refractivity contribution in [2.75, 3.05) is 37.0 Å². The van der Waals surface area contributed by atoms with Crippen molar-refractivity contribution in [3.8, 4) is 0 Å². The van der Waals surface area contributed by atoms with Gasteiger partial charge in [-0.1, -0.05) is 0 Å². The van der Waals surface area contributed by atoms with Gasteiger partial charge in [-0.25, -0.2) is 9.97 Å². The lowest BCUT2D eigenvalue weighted by molar-refractivity contribution is 0.455. The molecule has 100 valence electrons. The molecule has 1 aromatic heterocycles. The smallest absolute Gasteiger partial charge is 0.133 e. The first kappa shape index (κ1) is 14.0. The van der Waals surface area contributed by atoms with E-state index < -0.39 is 0 Å². The maximum absolute atomic E-state index is 5.91. The Morgan fingerprint density at radius 3 is 2.61 bits per heavy atom. The molecular weight excluding hydrogens is 264 g/mol. The Bertz CT molecular complexity index is 385. The van der Waals surface area contributed by atoms with Crippen molar-refractivity contribution in [1.29, 1.82) is 0 Å². The SMILES string of the molecule is CSc1cc(N2CCC(CN)(SC)CC2)ncn1. The predicted octanol–water partition coefficient (Wildman–Crippen LogP) is 1.86. The maximum atomic E-state index is 5.91. The zero-order chi connectivity index (χ0) is 13.0. The largest absolute Gasteiger partial charge is 0.356 e. The van der Waals surface area contributed by atoms with Crippen molar-refractivity contribution in [2.45, 2.75) is 22.6 Å². The van der Waals surface area contributed by atoms with Gasteiger partial charge in [0.15, 0.2) is 0 Å². The zero-order valence-electron chi connectivity index (χ0n) is 10.9. The van der Waals surface area contributed by atoms with Gasteiger partial charge in [0.1, 0.15) is 17.2 Å². The third kappa shape index (κ3) is 2.92. The van der Waals surface area contributed by atoms with Crippen molar-refractivity contribution in [2.24, 2.45) is 5.73 Å². The van der Waals surface area contributed by atoms with E-state index >= 15 is 0 Å². The summed E-state index contributed by atoms with van der Waals surface area (Å²) >= 11 is 3.56. The molecule has 0 saturated carbocycles. The minimum absolute atomic E-state index is 0.270. The number of piperidine rings is 1. The van der Waals surface area contributed by atoms with E-state index in [4.69, 9.17) is 5.73 Å². The van der Waals surface area contributed by atoms with E-state index in [-0.39, 0.29) is 4.75 Å². The van der Waals surface area contributed by atoms with Gasteiger partial charge in [-0.3, -0.25) is 0 Å². The van der Waals surface area contributed by atoms with Gasteiger partial charge in [0.25, 0.3) is 0 Å². The molecule has 1 aliphatic rings. The molecule has 1 aromatic rings. The highest BCUT2D eigenvalue weighted by molar-refractivity contribution is 8.00. The summed E-state index contributed by atoms with van der Waals surface area (Å²) in [6, 6.07) is 2.07. The Morgan fingerprint density at radius 1 is 1.33 bits per heavy atom. The molecule has 1 fully saturated rings. The Labute approximate surface area is 117 Å². The summed E-state index contributed by atoms with van der Waals surface area (Å²) in [4.78, 5) is 10.9.